The van der Waals surface area contributed by atoms with Crippen molar-refractivity contribution in [3.05, 3.63) is 35.4 Å². The summed E-state index contributed by atoms with van der Waals surface area (Å²) in [6, 6.07) is 10.3. The summed E-state index contributed by atoms with van der Waals surface area (Å²) < 4.78 is 0. The average Bonchev–Trinajstić information content (AvgIpc) is 2.63. The van der Waals surface area contributed by atoms with E-state index < -0.39 is 0 Å². The molecule has 1 aromatic carbocycles. The van der Waals surface area contributed by atoms with Crippen LogP contribution in [0.4, 0.5) is 0 Å². The fraction of sp³-hybridized carbons (Fsp3) is 0.667. The number of nitrogens with zero attached hydrogens (tertiary/aromatic N) is 1. The fourth-order valence-corrected chi connectivity index (χ4v) is 2.97. The average molecular weight is 274 g/mol. The van der Waals surface area contributed by atoms with Crippen molar-refractivity contribution in [1.29, 1.82) is 0 Å². The van der Waals surface area contributed by atoms with Crippen LogP contribution in [0, 0.1) is 12.8 Å². The molecule has 20 heavy (non-hydrogen) atoms. The highest BCUT2D eigenvalue weighted by Gasteiger charge is 2.25. The molecule has 112 valence electrons. The van der Waals surface area contributed by atoms with Crippen molar-refractivity contribution in [2.24, 2.45) is 5.92 Å². The van der Waals surface area contributed by atoms with Crippen LogP contribution >= 0.6 is 0 Å². The summed E-state index contributed by atoms with van der Waals surface area (Å²) in [4.78, 5) is 2.65. The van der Waals surface area contributed by atoms with Crippen LogP contribution in [0.1, 0.15) is 44.7 Å². The lowest BCUT2D eigenvalue weighted by Gasteiger charge is -2.31. The van der Waals surface area contributed by atoms with Crippen LogP contribution in [-0.2, 0) is 6.54 Å². The van der Waals surface area contributed by atoms with Gasteiger partial charge in [-0.25, -0.2) is 0 Å². The Balaban J connectivity index is 2.04. The van der Waals surface area contributed by atoms with Crippen molar-refractivity contribution in [3.8, 4) is 0 Å². The molecule has 3 atom stereocenters. The third kappa shape index (κ3) is 4.07. The Morgan fingerprint density at radius 1 is 1.30 bits per heavy atom. The summed E-state index contributed by atoms with van der Waals surface area (Å²) in [5.41, 5.74) is 2.78. The molecule has 2 heteroatoms. The summed E-state index contributed by atoms with van der Waals surface area (Å²) in [7, 11) is 0. The topological polar surface area (TPSA) is 15.3 Å². The van der Waals surface area contributed by atoms with Crippen LogP contribution in [0.5, 0.6) is 0 Å². The minimum absolute atomic E-state index is 0.635. The first kappa shape index (κ1) is 15.5. The number of aryl methyl sites for hydroxylation is 1. The van der Waals surface area contributed by atoms with E-state index in [1.807, 2.05) is 0 Å². The Morgan fingerprint density at radius 3 is 2.65 bits per heavy atom. The highest BCUT2D eigenvalue weighted by molar-refractivity contribution is 5.21. The lowest BCUT2D eigenvalue weighted by Crippen LogP contribution is -2.43. The lowest BCUT2D eigenvalue weighted by atomic mass is 9.98. The predicted octanol–water partition coefficient (Wildman–Crippen LogP) is 3.59. The van der Waals surface area contributed by atoms with Crippen molar-refractivity contribution >= 4 is 0 Å². The van der Waals surface area contributed by atoms with Crippen LogP contribution in [0.2, 0.25) is 0 Å². The second-order valence-electron chi connectivity index (χ2n) is 6.50. The molecule has 0 bridgehead atoms. The van der Waals surface area contributed by atoms with Gasteiger partial charge in [-0.3, -0.25) is 4.90 Å². The van der Waals surface area contributed by atoms with Crippen molar-refractivity contribution in [1.82, 2.24) is 10.2 Å². The van der Waals surface area contributed by atoms with Gasteiger partial charge in [0, 0.05) is 25.2 Å². The lowest BCUT2D eigenvalue weighted by molar-refractivity contribution is 0.180. The van der Waals surface area contributed by atoms with Crippen molar-refractivity contribution in [2.75, 3.05) is 13.1 Å². The van der Waals surface area contributed by atoms with Gasteiger partial charge in [0.25, 0.3) is 0 Å². The van der Waals surface area contributed by atoms with E-state index in [4.69, 9.17) is 0 Å². The highest BCUT2D eigenvalue weighted by atomic mass is 15.2. The van der Waals surface area contributed by atoms with Crippen LogP contribution in [0.25, 0.3) is 0 Å². The van der Waals surface area contributed by atoms with E-state index in [0.29, 0.717) is 12.1 Å². The number of hydrogen-bond acceptors (Lipinski definition) is 2. The standard InChI is InChI=1S/C18H30N2/c1-5-15(3)18-13-20(16(4)10-11-19-18)12-17-8-6-14(2)7-9-17/h6-9,15-16,18-19H,5,10-13H2,1-4H3. The quantitative estimate of drug-likeness (QED) is 0.902. The molecular formula is C18H30N2. The first-order valence-electron chi connectivity index (χ1n) is 8.13. The summed E-state index contributed by atoms with van der Waals surface area (Å²) in [6.07, 6.45) is 2.50. The molecule has 1 fully saturated rings. The molecule has 1 heterocycles. The van der Waals surface area contributed by atoms with E-state index >= 15 is 0 Å². The zero-order chi connectivity index (χ0) is 14.5. The van der Waals surface area contributed by atoms with Crippen LogP contribution in [0.3, 0.4) is 0 Å². The molecule has 0 saturated carbocycles. The largest absolute Gasteiger partial charge is 0.312 e. The van der Waals surface area contributed by atoms with Crippen LogP contribution in [0.15, 0.2) is 24.3 Å². The Morgan fingerprint density at radius 2 is 2.00 bits per heavy atom. The van der Waals surface area contributed by atoms with Crippen molar-refractivity contribution < 1.29 is 0 Å². The van der Waals surface area contributed by atoms with E-state index in [0.717, 1.165) is 19.0 Å². The molecule has 2 nitrogen and oxygen atoms in total. The van der Waals surface area contributed by atoms with Gasteiger partial charge < -0.3 is 5.32 Å². The Bertz CT molecular complexity index is 398. The van der Waals surface area contributed by atoms with Crippen molar-refractivity contribution in [3.63, 3.8) is 0 Å². The highest BCUT2D eigenvalue weighted by Crippen LogP contribution is 2.18. The molecule has 0 spiro atoms. The second kappa shape index (κ2) is 7.24. The Kier molecular flexibility index (Phi) is 5.62. The van der Waals surface area contributed by atoms with Gasteiger partial charge in [0.05, 0.1) is 0 Å². The SMILES string of the molecule is CCC(C)C1CN(Cc2ccc(C)cc2)C(C)CCN1. The molecule has 2 rings (SSSR count). The molecule has 1 aliphatic heterocycles. The van der Waals surface area contributed by atoms with Crippen LogP contribution in [-0.4, -0.2) is 30.1 Å². The van der Waals surface area contributed by atoms with Gasteiger partial charge in [0.15, 0.2) is 0 Å². The van der Waals surface area contributed by atoms with Gasteiger partial charge in [-0.15, -0.1) is 0 Å². The monoisotopic (exact) mass is 274 g/mol. The number of hydrogen-bond donors (Lipinski definition) is 1. The molecule has 0 radical (unpaired) electrons. The summed E-state index contributed by atoms with van der Waals surface area (Å²) in [6.45, 7) is 12.6. The first-order valence-corrected chi connectivity index (χ1v) is 8.13. The number of benzene rings is 1. The van der Waals surface area contributed by atoms with Gasteiger partial charge >= 0.3 is 0 Å². The molecule has 0 amide bonds. The van der Waals surface area contributed by atoms with E-state index in [1.165, 1.54) is 30.5 Å². The summed E-state index contributed by atoms with van der Waals surface area (Å²) in [5, 5.41) is 3.75. The van der Waals surface area contributed by atoms with Gasteiger partial charge in [0.2, 0.25) is 0 Å². The molecule has 0 aromatic heterocycles. The molecule has 3 unspecified atom stereocenters. The number of nitrogens with one attached hydrogen (secondary N) is 1. The zero-order valence-electron chi connectivity index (χ0n) is 13.5. The maximum atomic E-state index is 3.75. The molecule has 0 aliphatic carbocycles. The van der Waals surface area contributed by atoms with E-state index in [9.17, 15) is 0 Å². The number of rotatable bonds is 4. The van der Waals surface area contributed by atoms with Gasteiger partial charge in [-0.1, -0.05) is 50.1 Å². The maximum absolute atomic E-state index is 3.75. The normalized spacial score (nSPS) is 26.2. The van der Waals surface area contributed by atoms with Crippen molar-refractivity contribution in [2.45, 2.75) is 59.2 Å². The molecule has 1 N–H and O–H groups in total. The zero-order valence-corrected chi connectivity index (χ0v) is 13.5. The van der Waals surface area contributed by atoms with Crippen LogP contribution < -0.4 is 5.32 Å². The minimum Gasteiger partial charge on any atom is -0.312 e. The molecule has 1 aromatic rings. The molecular weight excluding hydrogens is 244 g/mol. The minimum atomic E-state index is 0.635. The smallest absolute Gasteiger partial charge is 0.0237 e. The third-order valence-electron chi connectivity index (χ3n) is 4.86. The van der Waals surface area contributed by atoms with Gasteiger partial charge in [0.1, 0.15) is 0 Å². The Labute approximate surface area is 124 Å². The van der Waals surface area contributed by atoms with E-state index in [1.54, 1.807) is 0 Å². The fourth-order valence-electron chi connectivity index (χ4n) is 2.97. The maximum Gasteiger partial charge on any atom is 0.0237 e. The van der Waals surface area contributed by atoms with E-state index in [-0.39, 0.29) is 0 Å². The summed E-state index contributed by atoms with van der Waals surface area (Å²) >= 11 is 0. The third-order valence-corrected chi connectivity index (χ3v) is 4.86. The first-order chi connectivity index (χ1) is 9.60. The summed E-state index contributed by atoms with van der Waals surface area (Å²) in [5.74, 6) is 0.751. The molecule has 1 aliphatic rings. The van der Waals surface area contributed by atoms with E-state index in [2.05, 4.69) is 62.2 Å². The predicted molar refractivity (Wildman–Crippen MR) is 86.9 cm³/mol. The van der Waals surface area contributed by atoms with Gasteiger partial charge in [-0.05, 0) is 38.3 Å². The second-order valence-corrected chi connectivity index (χ2v) is 6.50. The Hall–Kier alpha value is -0.860. The van der Waals surface area contributed by atoms with Gasteiger partial charge in [-0.2, -0.15) is 0 Å². The molecule has 1 saturated heterocycles.